The zero-order chi connectivity index (χ0) is 13.4. The fraction of sp³-hybridized carbons (Fsp3) is 0.833. The average molecular weight is 260 g/mol. The summed E-state index contributed by atoms with van der Waals surface area (Å²) in [4.78, 5) is 22.4. The summed E-state index contributed by atoms with van der Waals surface area (Å²) in [5.41, 5.74) is 0. The molecule has 0 aromatic rings. The molecule has 0 amide bonds. The first-order chi connectivity index (χ1) is 8.67. The van der Waals surface area contributed by atoms with E-state index < -0.39 is 24.5 Å². The lowest BCUT2D eigenvalue weighted by Crippen LogP contribution is -2.38. The molecule has 0 heterocycles. The predicted octanol–water partition coefficient (Wildman–Crippen LogP) is 2.64. The van der Waals surface area contributed by atoms with Crippen molar-refractivity contribution in [1.82, 2.24) is 0 Å². The second-order valence-corrected chi connectivity index (χ2v) is 4.15. The molecule has 0 bridgehead atoms. The molecule has 0 radical (unpaired) electrons. The van der Waals surface area contributed by atoms with Crippen LogP contribution in [0, 0.1) is 0 Å². The fourth-order valence-corrected chi connectivity index (χ4v) is 1.85. The van der Waals surface area contributed by atoms with E-state index in [9.17, 15) is 9.59 Å². The third-order valence-corrected chi connectivity index (χ3v) is 2.73. The maximum Gasteiger partial charge on any atom is 0.508 e. The van der Waals surface area contributed by atoms with Gasteiger partial charge in [0.1, 0.15) is 12.2 Å². The number of rotatable bonds is 4. The van der Waals surface area contributed by atoms with Gasteiger partial charge in [0, 0.05) is 0 Å². The molecule has 0 aliphatic heterocycles. The molecular formula is C12H20O6. The zero-order valence-electron chi connectivity index (χ0n) is 10.8. The normalized spacial score (nSPS) is 23.0. The van der Waals surface area contributed by atoms with Crippen molar-refractivity contribution in [3.8, 4) is 0 Å². The van der Waals surface area contributed by atoms with Crippen LogP contribution in [-0.2, 0) is 18.9 Å². The lowest BCUT2D eigenvalue weighted by Gasteiger charge is -2.29. The SMILES string of the molecule is CCCOC(=O)OC1CCCCC1OC(=O)OC. The summed E-state index contributed by atoms with van der Waals surface area (Å²) in [6, 6.07) is 0. The second kappa shape index (κ2) is 7.79. The van der Waals surface area contributed by atoms with Crippen molar-refractivity contribution >= 4 is 12.3 Å². The van der Waals surface area contributed by atoms with Crippen LogP contribution < -0.4 is 0 Å². The number of methoxy groups -OCH3 is 1. The quantitative estimate of drug-likeness (QED) is 0.723. The molecule has 1 rings (SSSR count). The second-order valence-electron chi connectivity index (χ2n) is 4.15. The number of carbonyl (C=O) groups is 2. The summed E-state index contributed by atoms with van der Waals surface area (Å²) < 4.78 is 19.5. The van der Waals surface area contributed by atoms with Gasteiger partial charge in [-0.1, -0.05) is 6.92 Å². The standard InChI is InChI=1S/C12H20O6/c1-3-8-16-12(14)18-10-7-5-4-6-9(10)17-11(13)15-2/h9-10H,3-8H2,1-2H3. The monoisotopic (exact) mass is 260 g/mol. The van der Waals surface area contributed by atoms with Crippen LogP contribution in [0.25, 0.3) is 0 Å². The van der Waals surface area contributed by atoms with Gasteiger partial charge in [-0.25, -0.2) is 9.59 Å². The first-order valence-electron chi connectivity index (χ1n) is 6.25. The molecule has 18 heavy (non-hydrogen) atoms. The van der Waals surface area contributed by atoms with Crippen molar-refractivity contribution in [2.24, 2.45) is 0 Å². The molecule has 0 aromatic carbocycles. The van der Waals surface area contributed by atoms with E-state index in [0.29, 0.717) is 19.4 Å². The predicted molar refractivity (Wildman–Crippen MR) is 62.3 cm³/mol. The molecule has 0 spiro atoms. The smallest absolute Gasteiger partial charge is 0.438 e. The molecule has 0 aromatic heterocycles. The van der Waals surface area contributed by atoms with Crippen molar-refractivity contribution in [2.45, 2.75) is 51.2 Å². The molecule has 1 fully saturated rings. The van der Waals surface area contributed by atoms with Gasteiger partial charge in [-0.15, -0.1) is 0 Å². The Labute approximate surface area is 107 Å². The maximum atomic E-state index is 11.4. The summed E-state index contributed by atoms with van der Waals surface area (Å²) in [5.74, 6) is 0. The topological polar surface area (TPSA) is 71.1 Å². The first-order valence-corrected chi connectivity index (χ1v) is 6.25. The van der Waals surface area contributed by atoms with Gasteiger partial charge < -0.3 is 18.9 Å². The Kier molecular flexibility index (Phi) is 6.32. The van der Waals surface area contributed by atoms with Crippen molar-refractivity contribution in [2.75, 3.05) is 13.7 Å². The van der Waals surface area contributed by atoms with Crippen LogP contribution in [0.5, 0.6) is 0 Å². The largest absolute Gasteiger partial charge is 0.508 e. The lowest BCUT2D eigenvalue weighted by molar-refractivity contribution is -0.0679. The third-order valence-electron chi connectivity index (χ3n) is 2.73. The fourth-order valence-electron chi connectivity index (χ4n) is 1.85. The van der Waals surface area contributed by atoms with Crippen LogP contribution in [-0.4, -0.2) is 38.2 Å². The Morgan fingerprint density at radius 2 is 1.61 bits per heavy atom. The van der Waals surface area contributed by atoms with Crippen LogP contribution in [0.1, 0.15) is 39.0 Å². The molecule has 0 saturated heterocycles. The minimum Gasteiger partial charge on any atom is -0.438 e. The van der Waals surface area contributed by atoms with E-state index >= 15 is 0 Å². The average Bonchev–Trinajstić information content (AvgIpc) is 2.38. The molecule has 2 atom stereocenters. The summed E-state index contributed by atoms with van der Waals surface area (Å²) in [6.45, 7) is 2.23. The van der Waals surface area contributed by atoms with Gasteiger partial charge in [0.05, 0.1) is 13.7 Å². The van der Waals surface area contributed by atoms with Crippen molar-refractivity contribution in [3.63, 3.8) is 0 Å². The highest BCUT2D eigenvalue weighted by atomic mass is 16.8. The molecule has 6 heteroatoms. The van der Waals surface area contributed by atoms with Gasteiger partial charge in [0.25, 0.3) is 0 Å². The van der Waals surface area contributed by atoms with Gasteiger partial charge in [0.15, 0.2) is 0 Å². The van der Waals surface area contributed by atoms with Crippen LogP contribution in [0.2, 0.25) is 0 Å². The summed E-state index contributed by atoms with van der Waals surface area (Å²) in [6.07, 6.45) is 1.60. The van der Waals surface area contributed by atoms with Gasteiger partial charge >= 0.3 is 12.3 Å². The van der Waals surface area contributed by atoms with Gasteiger partial charge in [0.2, 0.25) is 0 Å². The first kappa shape index (κ1) is 14.6. The van der Waals surface area contributed by atoms with E-state index in [4.69, 9.17) is 14.2 Å². The van der Waals surface area contributed by atoms with E-state index in [1.54, 1.807) is 0 Å². The summed E-state index contributed by atoms with van der Waals surface area (Å²) in [7, 11) is 1.25. The van der Waals surface area contributed by atoms with Crippen LogP contribution in [0.4, 0.5) is 9.59 Å². The molecule has 2 unspecified atom stereocenters. The molecular weight excluding hydrogens is 240 g/mol. The number of hydrogen-bond acceptors (Lipinski definition) is 6. The highest BCUT2D eigenvalue weighted by Gasteiger charge is 2.32. The molecule has 1 aliphatic rings. The van der Waals surface area contributed by atoms with Gasteiger partial charge in [-0.2, -0.15) is 0 Å². The number of ether oxygens (including phenoxy) is 4. The Morgan fingerprint density at radius 3 is 2.11 bits per heavy atom. The van der Waals surface area contributed by atoms with Crippen LogP contribution in [0.15, 0.2) is 0 Å². The molecule has 1 saturated carbocycles. The van der Waals surface area contributed by atoms with E-state index in [-0.39, 0.29) is 0 Å². The Hall–Kier alpha value is -1.46. The van der Waals surface area contributed by atoms with E-state index in [1.165, 1.54) is 7.11 Å². The minimum atomic E-state index is -0.752. The molecule has 0 N–H and O–H groups in total. The van der Waals surface area contributed by atoms with Crippen LogP contribution >= 0.6 is 0 Å². The lowest BCUT2D eigenvalue weighted by atomic mass is 9.95. The van der Waals surface area contributed by atoms with E-state index in [2.05, 4.69) is 4.74 Å². The summed E-state index contributed by atoms with van der Waals surface area (Å²) >= 11 is 0. The molecule has 1 aliphatic carbocycles. The third kappa shape index (κ3) is 4.81. The van der Waals surface area contributed by atoms with Crippen molar-refractivity contribution < 1.29 is 28.5 Å². The Morgan fingerprint density at radius 1 is 1.06 bits per heavy atom. The molecule has 6 nitrogen and oxygen atoms in total. The summed E-state index contributed by atoms with van der Waals surface area (Å²) in [5, 5.41) is 0. The van der Waals surface area contributed by atoms with Crippen molar-refractivity contribution in [3.05, 3.63) is 0 Å². The number of hydrogen-bond donors (Lipinski definition) is 0. The van der Waals surface area contributed by atoms with Crippen LogP contribution in [0.3, 0.4) is 0 Å². The number of carbonyl (C=O) groups excluding carboxylic acids is 2. The zero-order valence-corrected chi connectivity index (χ0v) is 10.8. The van der Waals surface area contributed by atoms with Crippen molar-refractivity contribution in [1.29, 1.82) is 0 Å². The highest BCUT2D eigenvalue weighted by molar-refractivity contribution is 5.61. The highest BCUT2D eigenvalue weighted by Crippen LogP contribution is 2.24. The maximum absolute atomic E-state index is 11.4. The van der Waals surface area contributed by atoms with Gasteiger partial charge in [-0.3, -0.25) is 0 Å². The van der Waals surface area contributed by atoms with E-state index in [0.717, 1.165) is 19.3 Å². The minimum absolute atomic E-state index is 0.327. The molecule has 104 valence electrons. The van der Waals surface area contributed by atoms with E-state index in [1.807, 2.05) is 6.92 Å². The Bertz CT molecular complexity index is 278. The Balaban J connectivity index is 2.43. The van der Waals surface area contributed by atoms with Gasteiger partial charge in [-0.05, 0) is 32.1 Å².